The molecule has 2 aromatic rings. The number of carbonyl (C=O) groups excluding carboxylic acids is 1. The number of piperidine rings is 1. The largest absolute Gasteiger partial charge is 0.481 e. The topological polar surface area (TPSA) is 87.5 Å². The highest BCUT2D eigenvalue weighted by atomic mass is 16.4. The molecule has 0 radical (unpaired) electrons. The quantitative estimate of drug-likeness (QED) is 0.891. The van der Waals surface area contributed by atoms with E-state index in [2.05, 4.69) is 10.4 Å². The highest BCUT2D eigenvalue weighted by molar-refractivity contribution is 5.76. The van der Waals surface area contributed by atoms with Crippen LogP contribution in [0.1, 0.15) is 19.0 Å². The molecule has 7 heteroatoms. The zero-order valence-electron chi connectivity index (χ0n) is 14.1. The molecular formula is C18H22N4O3. The summed E-state index contributed by atoms with van der Waals surface area (Å²) in [5, 5.41) is 16.5. The van der Waals surface area contributed by atoms with E-state index in [9.17, 15) is 14.7 Å². The zero-order chi connectivity index (χ0) is 17.8. The first-order chi connectivity index (χ1) is 12.0. The van der Waals surface area contributed by atoms with E-state index in [4.69, 9.17) is 0 Å². The monoisotopic (exact) mass is 342 g/mol. The Morgan fingerprint density at radius 3 is 2.72 bits per heavy atom. The maximum Gasteiger partial charge on any atom is 0.317 e. The van der Waals surface area contributed by atoms with E-state index in [1.807, 2.05) is 49.5 Å². The van der Waals surface area contributed by atoms with Gasteiger partial charge in [-0.15, -0.1) is 0 Å². The third-order valence-corrected chi connectivity index (χ3v) is 4.38. The Balaban J connectivity index is 1.57. The zero-order valence-corrected chi connectivity index (χ0v) is 14.1. The van der Waals surface area contributed by atoms with Gasteiger partial charge in [0.15, 0.2) is 0 Å². The van der Waals surface area contributed by atoms with E-state index < -0.39 is 11.9 Å². The minimum Gasteiger partial charge on any atom is -0.481 e. The Morgan fingerprint density at radius 1 is 1.24 bits per heavy atom. The number of carboxylic acids is 1. The van der Waals surface area contributed by atoms with Gasteiger partial charge in [0.1, 0.15) is 0 Å². The van der Waals surface area contributed by atoms with Crippen molar-refractivity contribution in [3.8, 4) is 5.69 Å². The van der Waals surface area contributed by atoms with Gasteiger partial charge in [0.25, 0.3) is 0 Å². The minimum atomic E-state index is -0.842. The first kappa shape index (κ1) is 17.0. The summed E-state index contributed by atoms with van der Waals surface area (Å²) in [6.07, 6.45) is 2.46. The van der Waals surface area contributed by atoms with Gasteiger partial charge in [0.05, 0.1) is 23.8 Å². The fourth-order valence-electron chi connectivity index (χ4n) is 3.15. The van der Waals surface area contributed by atoms with E-state index >= 15 is 0 Å². The Hall–Kier alpha value is -2.83. The van der Waals surface area contributed by atoms with Crippen LogP contribution in [0.15, 0.2) is 42.6 Å². The summed E-state index contributed by atoms with van der Waals surface area (Å²) in [5.41, 5.74) is 1.70. The number of benzene rings is 1. The molecule has 1 fully saturated rings. The number of aromatic nitrogens is 2. The van der Waals surface area contributed by atoms with Crippen LogP contribution in [0.5, 0.6) is 0 Å². The summed E-state index contributed by atoms with van der Waals surface area (Å²) in [5.74, 6) is -1.16. The summed E-state index contributed by atoms with van der Waals surface area (Å²) >= 11 is 0. The molecule has 0 saturated carbocycles. The lowest BCUT2D eigenvalue weighted by Crippen LogP contribution is -2.49. The molecule has 1 aliphatic heterocycles. The molecule has 3 rings (SSSR count). The lowest BCUT2D eigenvalue weighted by molar-refractivity contribution is -0.143. The maximum atomic E-state index is 12.3. The molecule has 2 unspecified atom stereocenters. The van der Waals surface area contributed by atoms with Crippen LogP contribution in [0, 0.1) is 11.8 Å². The SMILES string of the molecule is CC1CC(C(=O)O)CN(C(=O)NCc2ccn(-c3ccccc3)n2)C1. The number of carboxylic acid groups (broad SMARTS) is 1. The van der Waals surface area contributed by atoms with Crippen molar-refractivity contribution < 1.29 is 14.7 Å². The molecule has 1 saturated heterocycles. The van der Waals surface area contributed by atoms with Crippen LogP contribution < -0.4 is 5.32 Å². The molecule has 25 heavy (non-hydrogen) atoms. The number of para-hydroxylation sites is 1. The van der Waals surface area contributed by atoms with Gasteiger partial charge < -0.3 is 15.3 Å². The van der Waals surface area contributed by atoms with E-state index in [0.29, 0.717) is 19.5 Å². The van der Waals surface area contributed by atoms with Crippen molar-refractivity contribution in [2.75, 3.05) is 13.1 Å². The van der Waals surface area contributed by atoms with Crippen molar-refractivity contribution in [1.82, 2.24) is 20.0 Å². The molecule has 1 aliphatic rings. The van der Waals surface area contributed by atoms with Gasteiger partial charge in [0, 0.05) is 19.3 Å². The Kier molecular flexibility index (Phi) is 5.02. The van der Waals surface area contributed by atoms with Gasteiger partial charge in [-0.1, -0.05) is 25.1 Å². The fraction of sp³-hybridized carbons (Fsp3) is 0.389. The van der Waals surface area contributed by atoms with Crippen LogP contribution in [-0.2, 0) is 11.3 Å². The second-order valence-electron chi connectivity index (χ2n) is 6.53. The van der Waals surface area contributed by atoms with Crippen LogP contribution in [0.3, 0.4) is 0 Å². The summed E-state index contributed by atoms with van der Waals surface area (Å²) in [6, 6.07) is 11.3. The number of rotatable bonds is 4. The number of carbonyl (C=O) groups is 2. The van der Waals surface area contributed by atoms with E-state index in [0.717, 1.165) is 11.4 Å². The van der Waals surface area contributed by atoms with E-state index in [-0.39, 0.29) is 18.5 Å². The Morgan fingerprint density at radius 2 is 2.00 bits per heavy atom. The highest BCUT2D eigenvalue weighted by Gasteiger charge is 2.31. The smallest absolute Gasteiger partial charge is 0.317 e. The second kappa shape index (κ2) is 7.38. The van der Waals surface area contributed by atoms with Crippen LogP contribution in [0.2, 0.25) is 0 Å². The van der Waals surface area contributed by atoms with Crippen LogP contribution >= 0.6 is 0 Å². The average molecular weight is 342 g/mol. The molecular weight excluding hydrogens is 320 g/mol. The molecule has 1 aromatic heterocycles. The number of likely N-dealkylation sites (tertiary alicyclic amines) is 1. The molecule has 2 heterocycles. The van der Waals surface area contributed by atoms with Crippen LogP contribution in [-0.4, -0.2) is 44.9 Å². The molecule has 2 amide bonds. The van der Waals surface area contributed by atoms with Crippen molar-refractivity contribution in [1.29, 1.82) is 0 Å². The van der Waals surface area contributed by atoms with Crippen molar-refractivity contribution >= 4 is 12.0 Å². The van der Waals surface area contributed by atoms with Gasteiger partial charge in [0.2, 0.25) is 0 Å². The number of nitrogens with one attached hydrogen (secondary N) is 1. The van der Waals surface area contributed by atoms with Crippen molar-refractivity contribution in [3.05, 3.63) is 48.3 Å². The minimum absolute atomic E-state index is 0.179. The predicted octanol–water partition coefficient (Wildman–Crippen LogP) is 2.12. The number of urea groups is 1. The highest BCUT2D eigenvalue weighted by Crippen LogP contribution is 2.21. The molecule has 2 atom stereocenters. The summed E-state index contributed by atoms with van der Waals surface area (Å²) < 4.78 is 1.75. The summed E-state index contributed by atoms with van der Waals surface area (Å²) in [7, 11) is 0. The van der Waals surface area contributed by atoms with Gasteiger partial charge in [-0.25, -0.2) is 9.48 Å². The molecule has 2 N–H and O–H groups in total. The lowest BCUT2D eigenvalue weighted by atomic mass is 9.91. The molecule has 0 aliphatic carbocycles. The normalized spacial score (nSPS) is 20.3. The molecule has 1 aromatic carbocycles. The molecule has 0 spiro atoms. The number of hydrogen-bond donors (Lipinski definition) is 2. The molecule has 7 nitrogen and oxygen atoms in total. The number of hydrogen-bond acceptors (Lipinski definition) is 3. The maximum absolute atomic E-state index is 12.3. The van der Waals surface area contributed by atoms with E-state index in [1.54, 1.807) is 9.58 Å². The standard InChI is InChI=1S/C18H22N4O3/c1-13-9-14(17(23)24)12-21(11-13)18(25)19-10-15-7-8-22(20-15)16-5-3-2-4-6-16/h2-8,13-14H,9-12H2,1H3,(H,19,25)(H,23,24). The third-order valence-electron chi connectivity index (χ3n) is 4.38. The fourth-order valence-corrected chi connectivity index (χ4v) is 3.15. The Bertz CT molecular complexity index is 744. The predicted molar refractivity (Wildman–Crippen MR) is 92.3 cm³/mol. The average Bonchev–Trinajstić information content (AvgIpc) is 3.09. The molecule has 132 valence electrons. The van der Waals surface area contributed by atoms with Crippen LogP contribution in [0.25, 0.3) is 5.69 Å². The lowest BCUT2D eigenvalue weighted by Gasteiger charge is -2.34. The number of amides is 2. The summed E-state index contributed by atoms with van der Waals surface area (Å²) in [4.78, 5) is 25.1. The van der Waals surface area contributed by atoms with Gasteiger partial charge >= 0.3 is 12.0 Å². The van der Waals surface area contributed by atoms with Crippen molar-refractivity contribution in [2.24, 2.45) is 11.8 Å². The van der Waals surface area contributed by atoms with Gasteiger partial charge in [-0.05, 0) is 30.5 Å². The van der Waals surface area contributed by atoms with Crippen molar-refractivity contribution in [2.45, 2.75) is 19.9 Å². The van der Waals surface area contributed by atoms with Crippen LogP contribution in [0.4, 0.5) is 4.79 Å². The first-order valence-electron chi connectivity index (χ1n) is 8.38. The molecule has 0 bridgehead atoms. The third kappa shape index (κ3) is 4.17. The van der Waals surface area contributed by atoms with Gasteiger partial charge in [-0.2, -0.15) is 5.10 Å². The van der Waals surface area contributed by atoms with E-state index in [1.165, 1.54) is 0 Å². The number of nitrogens with zero attached hydrogens (tertiary/aromatic N) is 3. The Labute approximate surface area is 146 Å². The first-order valence-corrected chi connectivity index (χ1v) is 8.38. The number of aliphatic carboxylic acids is 1. The summed E-state index contributed by atoms with van der Waals surface area (Å²) in [6.45, 7) is 3.11. The van der Waals surface area contributed by atoms with Crippen molar-refractivity contribution in [3.63, 3.8) is 0 Å². The van der Waals surface area contributed by atoms with Gasteiger partial charge in [-0.3, -0.25) is 4.79 Å². The second-order valence-corrected chi connectivity index (χ2v) is 6.53.